The van der Waals surface area contributed by atoms with Crippen molar-refractivity contribution in [1.82, 2.24) is 14.9 Å². The molecule has 188 valence electrons. The molecular weight excluding hydrogens is 450 g/mol. The fourth-order valence-electron chi connectivity index (χ4n) is 4.15. The minimum atomic E-state index is -0.139. The SMILES string of the molecule is Cc1ccc(C)c(OCC(=O)NCCc2nc3ccccc3n2CCCOc2ccc(C)c(C)c2)c1. The number of hydrogen-bond donors (Lipinski definition) is 1. The lowest BCUT2D eigenvalue weighted by Crippen LogP contribution is -2.31. The minimum absolute atomic E-state index is 0.00344. The van der Waals surface area contributed by atoms with Gasteiger partial charge in [0, 0.05) is 19.5 Å². The zero-order chi connectivity index (χ0) is 25.5. The molecule has 0 unspecified atom stereocenters. The number of carbonyl (C=O) groups is 1. The van der Waals surface area contributed by atoms with Gasteiger partial charge in [-0.15, -0.1) is 0 Å². The maximum absolute atomic E-state index is 12.4. The number of aromatic nitrogens is 2. The number of ether oxygens (including phenoxy) is 2. The molecule has 1 aromatic heterocycles. The predicted octanol–water partition coefficient (Wildman–Crippen LogP) is 5.48. The quantitative estimate of drug-likeness (QED) is 0.286. The Kier molecular flexibility index (Phi) is 8.26. The molecule has 0 aliphatic heterocycles. The monoisotopic (exact) mass is 485 g/mol. The summed E-state index contributed by atoms with van der Waals surface area (Å²) in [6.45, 7) is 10.1. The van der Waals surface area contributed by atoms with Crippen LogP contribution in [0.4, 0.5) is 0 Å². The van der Waals surface area contributed by atoms with E-state index in [0.29, 0.717) is 19.6 Å². The molecule has 0 aliphatic carbocycles. The maximum atomic E-state index is 12.4. The molecule has 4 rings (SSSR count). The zero-order valence-corrected chi connectivity index (χ0v) is 21.6. The van der Waals surface area contributed by atoms with E-state index in [0.717, 1.165) is 52.4 Å². The first-order valence-corrected chi connectivity index (χ1v) is 12.5. The highest BCUT2D eigenvalue weighted by atomic mass is 16.5. The van der Waals surface area contributed by atoms with Gasteiger partial charge < -0.3 is 19.4 Å². The summed E-state index contributed by atoms with van der Waals surface area (Å²) in [6.07, 6.45) is 1.50. The molecule has 0 saturated carbocycles. The van der Waals surface area contributed by atoms with Crippen LogP contribution in [0.3, 0.4) is 0 Å². The number of fused-ring (bicyclic) bond motifs is 1. The molecule has 6 heteroatoms. The highest BCUT2D eigenvalue weighted by Gasteiger charge is 2.12. The van der Waals surface area contributed by atoms with Gasteiger partial charge in [-0.2, -0.15) is 0 Å². The minimum Gasteiger partial charge on any atom is -0.494 e. The van der Waals surface area contributed by atoms with Crippen molar-refractivity contribution in [2.75, 3.05) is 19.8 Å². The van der Waals surface area contributed by atoms with Gasteiger partial charge >= 0.3 is 0 Å². The average Bonchev–Trinajstić information content (AvgIpc) is 3.21. The first-order valence-electron chi connectivity index (χ1n) is 12.5. The number of nitrogens with zero attached hydrogens (tertiary/aromatic N) is 2. The Bertz CT molecular complexity index is 1340. The fourth-order valence-corrected chi connectivity index (χ4v) is 4.15. The Morgan fingerprint density at radius 2 is 1.72 bits per heavy atom. The Labute approximate surface area is 213 Å². The highest BCUT2D eigenvalue weighted by Crippen LogP contribution is 2.20. The number of para-hydroxylation sites is 2. The van der Waals surface area contributed by atoms with Crippen LogP contribution >= 0.6 is 0 Å². The molecule has 4 aromatic rings. The van der Waals surface area contributed by atoms with Gasteiger partial charge in [-0.1, -0.05) is 30.3 Å². The van der Waals surface area contributed by atoms with Crippen molar-refractivity contribution < 1.29 is 14.3 Å². The molecule has 36 heavy (non-hydrogen) atoms. The standard InChI is InChI=1S/C30H35N3O3/c1-21-10-11-23(3)28(18-21)36-20-30(34)31-15-14-29-32-26-8-5-6-9-27(26)33(29)16-7-17-35-25-13-12-22(2)24(4)19-25/h5-6,8-13,18-19H,7,14-17,20H2,1-4H3,(H,31,34). The van der Waals surface area contributed by atoms with E-state index in [1.807, 2.05) is 56.3 Å². The molecule has 0 atom stereocenters. The number of aryl methyl sites for hydroxylation is 5. The van der Waals surface area contributed by atoms with Gasteiger partial charge in [0.15, 0.2) is 6.61 Å². The van der Waals surface area contributed by atoms with E-state index < -0.39 is 0 Å². The number of amides is 1. The van der Waals surface area contributed by atoms with E-state index in [-0.39, 0.29) is 12.5 Å². The first kappa shape index (κ1) is 25.3. The summed E-state index contributed by atoms with van der Waals surface area (Å²) >= 11 is 0. The largest absolute Gasteiger partial charge is 0.494 e. The van der Waals surface area contributed by atoms with Crippen LogP contribution in [0.25, 0.3) is 11.0 Å². The molecular formula is C30H35N3O3. The second-order valence-corrected chi connectivity index (χ2v) is 9.27. The molecule has 0 spiro atoms. The van der Waals surface area contributed by atoms with Gasteiger partial charge in [0.05, 0.1) is 17.6 Å². The Hall–Kier alpha value is -3.80. The molecule has 0 fully saturated rings. The van der Waals surface area contributed by atoms with Crippen LogP contribution in [0.5, 0.6) is 11.5 Å². The Morgan fingerprint density at radius 1 is 0.917 bits per heavy atom. The zero-order valence-electron chi connectivity index (χ0n) is 21.6. The van der Waals surface area contributed by atoms with Crippen molar-refractivity contribution in [2.24, 2.45) is 0 Å². The Morgan fingerprint density at radius 3 is 2.56 bits per heavy atom. The summed E-state index contributed by atoms with van der Waals surface area (Å²) < 4.78 is 13.9. The van der Waals surface area contributed by atoms with Crippen LogP contribution in [0.1, 0.15) is 34.5 Å². The van der Waals surface area contributed by atoms with Crippen molar-refractivity contribution in [1.29, 1.82) is 0 Å². The lowest BCUT2D eigenvalue weighted by Gasteiger charge is -2.12. The van der Waals surface area contributed by atoms with Crippen molar-refractivity contribution >= 4 is 16.9 Å². The number of nitrogens with one attached hydrogen (secondary N) is 1. The summed E-state index contributed by atoms with van der Waals surface area (Å²) in [7, 11) is 0. The summed E-state index contributed by atoms with van der Waals surface area (Å²) in [5, 5.41) is 2.96. The molecule has 1 amide bonds. The third kappa shape index (κ3) is 6.45. The summed E-state index contributed by atoms with van der Waals surface area (Å²) in [4.78, 5) is 17.2. The molecule has 0 bridgehead atoms. The summed E-state index contributed by atoms with van der Waals surface area (Å²) in [6, 6.07) is 20.3. The van der Waals surface area contributed by atoms with E-state index in [9.17, 15) is 4.79 Å². The van der Waals surface area contributed by atoms with Gasteiger partial charge in [0.25, 0.3) is 5.91 Å². The van der Waals surface area contributed by atoms with E-state index in [4.69, 9.17) is 14.5 Å². The van der Waals surface area contributed by atoms with Crippen LogP contribution in [-0.4, -0.2) is 35.2 Å². The molecule has 1 N–H and O–H groups in total. The normalized spacial score (nSPS) is 11.0. The van der Waals surface area contributed by atoms with Crippen molar-refractivity contribution in [2.45, 2.75) is 47.1 Å². The smallest absolute Gasteiger partial charge is 0.257 e. The van der Waals surface area contributed by atoms with E-state index in [1.54, 1.807) is 0 Å². The van der Waals surface area contributed by atoms with Crippen molar-refractivity contribution in [3.8, 4) is 11.5 Å². The topological polar surface area (TPSA) is 65.4 Å². The van der Waals surface area contributed by atoms with Gasteiger partial charge in [0.1, 0.15) is 17.3 Å². The van der Waals surface area contributed by atoms with E-state index >= 15 is 0 Å². The van der Waals surface area contributed by atoms with E-state index in [1.165, 1.54) is 11.1 Å². The second-order valence-electron chi connectivity index (χ2n) is 9.27. The van der Waals surface area contributed by atoms with Crippen LogP contribution in [0, 0.1) is 27.7 Å². The van der Waals surface area contributed by atoms with Gasteiger partial charge in [-0.3, -0.25) is 4.79 Å². The number of carbonyl (C=O) groups excluding carboxylic acids is 1. The maximum Gasteiger partial charge on any atom is 0.257 e. The van der Waals surface area contributed by atoms with Crippen LogP contribution in [-0.2, 0) is 17.8 Å². The lowest BCUT2D eigenvalue weighted by atomic mass is 10.1. The first-order chi connectivity index (χ1) is 17.4. The average molecular weight is 486 g/mol. The fraction of sp³-hybridized carbons (Fsp3) is 0.333. The van der Waals surface area contributed by atoms with Crippen molar-refractivity contribution in [3.05, 3.63) is 88.7 Å². The van der Waals surface area contributed by atoms with Gasteiger partial charge in [-0.05, 0) is 86.7 Å². The molecule has 0 saturated heterocycles. The van der Waals surface area contributed by atoms with Crippen LogP contribution in [0.2, 0.25) is 0 Å². The van der Waals surface area contributed by atoms with Crippen LogP contribution in [0.15, 0.2) is 60.7 Å². The second kappa shape index (κ2) is 11.8. The lowest BCUT2D eigenvalue weighted by molar-refractivity contribution is -0.123. The number of rotatable bonds is 11. The predicted molar refractivity (Wildman–Crippen MR) is 144 cm³/mol. The summed E-state index contributed by atoms with van der Waals surface area (Å²) in [5.41, 5.74) is 6.69. The number of benzene rings is 3. The molecule has 0 aliphatic rings. The molecule has 1 heterocycles. The Balaban J connectivity index is 1.31. The van der Waals surface area contributed by atoms with Crippen molar-refractivity contribution in [3.63, 3.8) is 0 Å². The third-order valence-corrected chi connectivity index (χ3v) is 6.38. The molecule has 3 aromatic carbocycles. The third-order valence-electron chi connectivity index (χ3n) is 6.38. The number of hydrogen-bond acceptors (Lipinski definition) is 4. The molecule has 6 nitrogen and oxygen atoms in total. The summed E-state index contributed by atoms with van der Waals surface area (Å²) in [5.74, 6) is 2.47. The highest BCUT2D eigenvalue weighted by molar-refractivity contribution is 5.78. The molecule has 0 radical (unpaired) electrons. The van der Waals surface area contributed by atoms with Gasteiger partial charge in [0.2, 0.25) is 0 Å². The van der Waals surface area contributed by atoms with Crippen LogP contribution < -0.4 is 14.8 Å². The van der Waals surface area contributed by atoms with Gasteiger partial charge in [-0.25, -0.2) is 4.98 Å². The van der Waals surface area contributed by atoms with E-state index in [2.05, 4.69) is 41.9 Å². The number of imidazole rings is 1.